The summed E-state index contributed by atoms with van der Waals surface area (Å²) in [5.74, 6) is -0.321. The molecule has 0 amide bonds. The minimum Gasteiger partial charge on any atom is -0.369 e. The van der Waals surface area contributed by atoms with Crippen LogP contribution in [0.25, 0.3) is 11.0 Å². The zero-order valence-corrected chi connectivity index (χ0v) is 11.7. The van der Waals surface area contributed by atoms with E-state index in [0.717, 1.165) is 18.9 Å². The van der Waals surface area contributed by atoms with Crippen LogP contribution in [0, 0.1) is 23.5 Å². The maximum absolute atomic E-state index is 14.1. The van der Waals surface area contributed by atoms with Crippen LogP contribution in [-0.4, -0.2) is 9.55 Å². The first kappa shape index (κ1) is 13.3. The second kappa shape index (κ2) is 4.72. The molecule has 108 valence electrons. The first-order valence-electron chi connectivity index (χ1n) is 7.08. The van der Waals surface area contributed by atoms with E-state index in [4.69, 9.17) is 5.73 Å². The molecule has 2 unspecified atom stereocenters. The lowest BCUT2D eigenvalue weighted by atomic mass is 9.80. The van der Waals surface area contributed by atoms with Gasteiger partial charge in [-0.15, -0.1) is 0 Å². The highest BCUT2D eigenvalue weighted by Gasteiger charge is 2.29. The summed E-state index contributed by atoms with van der Waals surface area (Å²) >= 11 is 0. The van der Waals surface area contributed by atoms with Crippen molar-refractivity contribution in [1.29, 1.82) is 0 Å². The fraction of sp³-hybridized carbons (Fsp3) is 0.533. The van der Waals surface area contributed by atoms with E-state index >= 15 is 0 Å². The lowest BCUT2D eigenvalue weighted by Crippen LogP contribution is -2.23. The van der Waals surface area contributed by atoms with Crippen molar-refractivity contribution in [2.24, 2.45) is 11.8 Å². The molecule has 1 aliphatic rings. The van der Waals surface area contributed by atoms with Crippen molar-refractivity contribution in [1.82, 2.24) is 9.55 Å². The predicted molar refractivity (Wildman–Crippen MR) is 75.3 cm³/mol. The van der Waals surface area contributed by atoms with Crippen molar-refractivity contribution >= 4 is 17.0 Å². The van der Waals surface area contributed by atoms with Crippen LogP contribution < -0.4 is 5.73 Å². The Bertz CT molecular complexity index is 640. The van der Waals surface area contributed by atoms with Gasteiger partial charge in [-0.05, 0) is 43.2 Å². The number of fused-ring (bicyclic) bond motifs is 1. The lowest BCUT2D eigenvalue weighted by Gasteiger charge is -2.33. The Kier molecular flexibility index (Phi) is 3.15. The molecule has 2 N–H and O–H groups in total. The van der Waals surface area contributed by atoms with Crippen LogP contribution in [0.1, 0.15) is 39.2 Å². The highest BCUT2D eigenvalue weighted by atomic mass is 19.2. The molecule has 0 radical (unpaired) electrons. The summed E-state index contributed by atoms with van der Waals surface area (Å²) in [5, 5.41) is 0. The number of nitrogens with two attached hydrogens (primary N) is 1. The van der Waals surface area contributed by atoms with Crippen molar-refractivity contribution in [3.8, 4) is 0 Å². The van der Waals surface area contributed by atoms with Crippen LogP contribution in [0.5, 0.6) is 0 Å². The molecule has 3 nitrogen and oxygen atoms in total. The molecule has 0 bridgehead atoms. The standard InChI is InChI=1S/C15H19F2N3/c1-8-5-9(2)7-10(6-8)20-14-12(19-15(20)18)4-3-11(16)13(14)17/h3-4,8-10H,5-7H2,1-2H3,(H2,18,19). The number of nitrogens with zero attached hydrogens (tertiary/aromatic N) is 2. The quantitative estimate of drug-likeness (QED) is 0.860. The molecule has 3 rings (SSSR count). The summed E-state index contributed by atoms with van der Waals surface area (Å²) in [7, 11) is 0. The van der Waals surface area contributed by atoms with Gasteiger partial charge in [-0.2, -0.15) is 0 Å². The van der Waals surface area contributed by atoms with Gasteiger partial charge in [0.25, 0.3) is 0 Å². The van der Waals surface area contributed by atoms with E-state index in [-0.39, 0.29) is 17.5 Å². The first-order valence-corrected chi connectivity index (χ1v) is 7.08. The van der Waals surface area contributed by atoms with E-state index in [0.29, 0.717) is 17.4 Å². The number of benzene rings is 1. The maximum atomic E-state index is 14.1. The fourth-order valence-electron chi connectivity index (χ4n) is 3.63. The van der Waals surface area contributed by atoms with Crippen LogP contribution in [0.15, 0.2) is 12.1 Å². The van der Waals surface area contributed by atoms with Crippen molar-refractivity contribution in [3.63, 3.8) is 0 Å². The normalized spacial score (nSPS) is 27.1. The number of rotatable bonds is 1. The second-order valence-corrected chi connectivity index (χ2v) is 6.14. The third-order valence-electron chi connectivity index (χ3n) is 4.29. The largest absolute Gasteiger partial charge is 0.369 e. The Hall–Kier alpha value is -1.65. The summed E-state index contributed by atoms with van der Waals surface area (Å²) in [6.07, 6.45) is 3.02. The lowest BCUT2D eigenvalue weighted by molar-refractivity contribution is 0.225. The Labute approximate surface area is 116 Å². The number of hydrogen-bond donors (Lipinski definition) is 1. The second-order valence-electron chi connectivity index (χ2n) is 6.14. The molecule has 20 heavy (non-hydrogen) atoms. The molecule has 1 aromatic carbocycles. The topological polar surface area (TPSA) is 43.8 Å². The minimum absolute atomic E-state index is 0.0926. The molecule has 1 heterocycles. The van der Waals surface area contributed by atoms with E-state index < -0.39 is 11.6 Å². The van der Waals surface area contributed by atoms with E-state index in [1.165, 1.54) is 12.5 Å². The van der Waals surface area contributed by atoms with Crippen LogP contribution in [0.3, 0.4) is 0 Å². The summed E-state index contributed by atoms with van der Waals surface area (Å²) < 4.78 is 29.3. The smallest absolute Gasteiger partial charge is 0.201 e. The summed E-state index contributed by atoms with van der Waals surface area (Å²) in [5.41, 5.74) is 6.58. The van der Waals surface area contributed by atoms with Crippen molar-refractivity contribution < 1.29 is 8.78 Å². The van der Waals surface area contributed by atoms with Gasteiger partial charge in [-0.3, -0.25) is 0 Å². The zero-order chi connectivity index (χ0) is 14.4. The molecule has 1 aliphatic carbocycles. The molecular formula is C15H19F2N3. The van der Waals surface area contributed by atoms with Crippen LogP contribution in [0.4, 0.5) is 14.7 Å². The average molecular weight is 279 g/mol. The molecule has 0 saturated heterocycles. The monoisotopic (exact) mass is 279 g/mol. The average Bonchev–Trinajstić information content (AvgIpc) is 2.70. The van der Waals surface area contributed by atoms with Gasteiger partial charge >= 0.3 is 0 Å². The number of hydrogen-bond acceptors (Lipinski definition) is 2. The van der Waals surface area contributed by atoms with E-state index in [2.05, 4.69) is 18.8 Å². The SMILES string of the molecule is CC1CC(C)CC(n2c(N)nc3ccc(F)c(F)c32)C1. The zero-order valence-electron chi connectivity index (χ0n) is 11.7. The Morgan fingerprint density at radius 2 is 1.80 bits per heavy atom. The summed E-state index contributed by atoms with van der Waals surface area (Å²) in [6, 6.07) is 2.67. The highest BCUT2D eigenvalue weighted by Crippen LogP contribution is 2.39. The fourth-order valence-corrected chi connectivity index (χ4v) is 3.63. The third-order valence-corrected chi connectivity index (χ3v) is 4.29. The minimum atomic E-state index is -0.851. The molecule has 0 spiro atoms. The van der Waals surface area contributed by atoms with Crippen molar-refractivity contribution in [2.75, 3.05) is 5.73 Å². The summed E-state index contributed by atoms with van der Waals surface area (Å²) in [4.78, 5) is 4.17. The first-order chi connectivity index (χ1) is 9.47. The number of nitrogen functional groups attached to an aromatic ring is 1. The molecule has 2 atom stereocenters. The van der Waals surface area contributed by atoms with Crippen molar-refractivity contribution in [3.05, 3.63) is 23.8 Å². The maximum Gasteiger partial charge on any atom is 0.201 e. The molecule has 2 aromatic rings. The summed E-state index contributed by atoms with van der Waals surface area (Å²) in [6.45, 7) is 4.38. The van der Waals surface area contributed by atoms with Gasteiger partial charge < -0.3 is 10.3 Å². The van der Waals surface area contributed by atoms with Crippen molar-refractivity contribution in [2.45, 2.75) is 39.2 Å². The van der Waals surface area contributed by atoms with Gasteiger partial charge in [0.2, 0.25) is 5.95 Å². The van der Waals surface area contributed by atoms with E-state index in [1.54, 1.807) is 4.57 Å². The Balaban J connectivity index is 2.15. The van der Waals surface area contributed by atoms with Crippen LogP contribution in [0.2, 0.25) is 0 Å². The van der Waals surface area contributed by atoms with Gasteiger partial charge in [0.1, 0.15) is 5.52 Å². The number of halogens is 2. The van der Waals surface area contributed by atoms with E-state index in [1.807, 2.05) is 0 Å². The van der Waals surface area contributed by atoms with Gasteiger partial charge in [-0.1, -0.05) is 13.8 Å². The Morgan fingerprint density at radius 1 is 1.15 bits per heavy atom. The number of aromatic nitrogens is 2. The van der Waals surface area contributed by atoms with Crippen LogP contribution >= 0.6 is 0 Å². The van der Waals surface area contributed by atoms with Gasteiger partial charge in [0, 0.05) is 6.04 Å². The van der Waals surface area contributed by atoms with E-state index in [9.17, 15) is 8.78 Å². The molecule has 1 aromatic heterocycles. The number of anilines is 1. The number of imidazole rings is 1. The molecule has 1 saturated carbocycles. The Morgan fingerprint density at radius 3 is 2.45 bits per heavy atom. The molecule has 0 aliphatic heterocycles. The molecular weight excluding hydrogens is 260 g/mol. The molecule has 5 heteroatoms. The van der Waals surface area contributed by atoms with Gasteiger partial charge in [-0.25, -0.2) is 13.8 Å². The van der Waals surface area contributed by atoms with Gasteiger partial charge in [0.05, 0.1) is 5.52 Å². The van der Waals surface area contributed by atoms with Gasteiger partial charge in [0.15, 0.2) is 11.6 Å². The van der Waals surface area contributed by atoms with Crippen LogP contribution in [-0.2, 0) is 0 Å². The molecule has 1 fully saturated rings. The third kappa shape index (κ3) is 2.05. The predicted octanol–water partition coefficient (Wildman–Crippen LogP) is 3.89. The highest BCUT2D eigenvalue weighted by molar-refractivity contribution is 5.79.